The maximum absolute atomic E-state index is 13.1. The summed E-state index contributed by atoms with van der Waals surface area (Å²) in [5.74, 6) is 1.17. The standard InChI is InChI=1S/C26H23ClN2O3/c1-31-23-12-11-17(15-24(23)32-2)13-14-28-26(30)20-16-22(18-7-4-3-5-8-18)29-25-19(20)9-6-10-21(25)27/h3-12,15-16H,13-14H2,1-2H3,(H,28,30). The number of nitrogens with one attached hydrogen (secondary N) is 1. The lowest BCUT2D eigenvalue weighted by Gasteiger charge is -2.12. The van der Waals surface area contributed by atoms with Crippen LogP contribution >= 0.6 is 11.6 Å². The van der Waals surface area contributed by atoms with E-state index in [1.54, 1.807) is 20.3 Å². The zero-order valence-electron chi connectivity index (χ0n) is 17.9. The zero-order chi connectivity index (χ0) is 22.5. The largest absolute Gasteiger partial charge is 0.493 e. The third-order valence-corrected chi connectivity index (χ3v) is 5.56. The Balaban J connectivity index is 1.59. The molecule has 4 aromatic rings. The van der Waals surface area contributed by atoms with Gasteiger partial charge in [-0.15, -0.1) is 0 Å². The number of benzene rings is 3. The molecule has 1 amide bonds. The minimum Gasteiger partial charge on any atom is -0.493 e. The van der Waals surface area contributed by atoms with Crippen molar-refractivity contribution in [3.05, 3.63) is 88.9 Å². The van der Waals surface area contributed by atoms with Crippen molar-refractivity contribution in [2.75, 3.05) is 20.8 Å². The molecule has 0 saturated heterocycles. The molecule has 32 heavy (non-hydrogen) atoms. The molecule has 1 N–H and O–H groups in total. The molecule has 0 saturated carbocycles. The highest BCUT2D eigenvalue weighted by molar-refractivity contribution is 6.35. The van der Waals surface area contributed by atoms with Crippen molar-refractivity contribution < 1.29 is 14.3 Å². The van der Waals surface area contributed by atoms with Crippen molar-refractivity contribution in [2.24, 2.45) is 0 Å². The van der Waals surface area contributed by atoms with Gasteiger partial charge in [0.2, 0.25) is 0 Å². The topological polar surface area (TPSA) is 60.5 Å². The number of fused-ring (bicyclic) bond motifs is 1. The van der Waals surface area contributed by atoms with Crippen molar-refractivity contribution in [1.29, 1.82) is 0 Å². The number of carbonyl (C=O) groups excluding carboxylic acids is 1. The summed E-state index contributed by atoms with van der Waals surface area (Å²) in [5.41, 5.74) is 3.82. The van der Waals surface area contributed by atoms with Gasteiger partial charge in [0.15, 0.2) is 11.5 Å². The number of methoxy groups -OCH3 is 2. The number of hydrogen-bond donors (Lipinski definition) is 1. The number of ether oxygens (including phenoxy) is 2. The number of halogens is 1. The van der Waals surface area contributed by atoms with E-state index in [0.29, 0.717) is 46.3 Å². The predicted molar refractivity (Wildman–Crippen MR) is 128 cm³/mol. The molecule has 0 aliphatic heterocycles. The lowest BCUT2D eigenvalue weighted by Crippen LogP contribution is -2.26. The van der Waals surface area contributed by atoms with E-state index in [1.165, 1.54) is 0 Å². The monoisotopic (exact) mass is 446 g/mol. The molecule has 0 fully saturated rings. The van der Waals surface area contributed by atoms with Crippen molar-refractivity contribution in [2.45, 2.75) is 6.42 Å². The summed E-state index contributed by atoms with van der Waals surface area (Å²) in [6.45, 7) is 0.472. The molecule has 3 aromatic carbocycles. The minimum absolute atomic E-state index is 0.169. The van der Waals surface area contributed by atoms with Gasteiger partial charge in [-0.2, -0.15) is 0 Å². The second-order valence-corrected chi connectivity index (χ2v) is 7.66. The van der Waals surface area contributed by atoms with E-state index in [-0.39, 0.29) is 5.91 Å². The SMILES string of the molecule is COc1ccc(CCNC(=O)c2cc(-c3ccccc3)nc3c(Cl)cccc23)cc1OC. The van der Waals surface area contributed by atoms with Gasteiger partial charge in [-0.3, -0.25) is 4.79 Å². The average Bonchev–Trinajstić information content (AvgIpc) is 2.84. The highest BCUT2D eigenvalue weighted by Gasteiger charge is 2.15. The number of hydrogen-bond acceptors (Lipinski definition) is 4. The van der Waals surface area contributed by atoms with E-state index >= 15 is 0 Å². The first kappa shape index (κ1) is 21.7. The normalized spacial score (nSPS) is 10.7. The molecular formula is C26H23ClN2O3. The maximum atomic E-state index is 13.1. The summed E-state index contributed by atoms with van der Waals surface area (Å²) >= 11 is 6.41. The second kappa shape index (κ2) is 9.71. The Morgan fingerprint density at radius 3 is 2.47 bits per heavy atom. The van der Waals surface area contributed by atoms with E-state index in [1.807, 2.05) is 66.7 Å². The van der Waals surface area contributed by atoms with Gasteiger partial charge >= 0.3 is 0 Å². The fourth-order valence-electron chi connectivity index (χ4n) is 3.61. The van der Waals surface area contributed by atoms with Gasteiger partial charge in [-0.25, -0.2) is 4.98 Å². The molecule has 162 valence electrons. The summed E-state index contributed by atoms with van der Waals surface area (Å²) in [4.78, 5) is 17.9. The number of rotatable bonds is 7. The van der Waals surface area contributed by atoms with Crippen LogP contribution < -0.4 is 14.8 Å². The van der Waals surface area contributed by atoms with Gasteiger partial charge < -0.3 is 14.8 Å². The smallest absolute Gasteiger partial charge is 0.252 e. The maximum Gasteiger partial charge on any atom is 0.252 e. The quantitative estimate of drug-likeness (QED) is 0.404. The van der Waals surface area contributed by atoms with Crippen LogP contribution in [0.25, 0.3) is 22.2 Å². The minimum atomic E-state index is -0.169. The average molecular weight is 447 g/mol. The Morgan fingerprint density at radius 1 is 0.938 bits per heavy atom. The van der Waals surface area contributed by atoms with Gasteiger partial charge in [-0.05, 0) is 36.2 Å². The zero-order valence-corrected chi connectivity index (χ0v) is 18.6. The first-order valence-corrected chi connectivity index (χ1v) is 10.6. The van der Waals surface area contributed by atoms with Gasteiger partial charge in [0.1, 0.15) is 0 Å². The van der Waals surface area contributed by atoms with Crippen LogP contribution in [0.3, 0.4) is 0 Å². The Hall–Kier alpha value is -3.57. The van der Waals surface area contributed by atoms with Crippen LogP contribution in [0.2, 0.25) is 5.02 Å². The molecule has 0 aliphatic carbocycles. The summed E-state index contributed by atoms with van der Waals surface area (Å²) in [7, 11) is 3.21. The van der Waals surface area contributed by atoms with Crippen LogP contribution in [0.5, 0.6) is 11.5 Å². The van der Waals surface area contributed by atoms with E-state index in [9.17, 15) is 4.79 Å². The Labute approximate surface area is 192 Å². The number of pyridine rings is 1. The molecule has 0 atom stereocenters. The van der Waals surface area contributed by atoms with Crippen LogP contribution in [-0.2, 0) is 6.42 Å². The predicted octanol–water partition coefficient (Wildman–Crippen LogP) is 5.54. The first-order chi connectivity index (χ1) is 15.6. The molecule has 0 spiro atoms. The molecule has 0 radical (unpaired) electrons. The lowest BCUT2D eigenvalue weighted by molar-refractivity contribution is 0.0955. The molecule has 1 aromatic heterocycles. The van der Waals surface area contributed by atoms with Crippen molar-refractivity contribution >= 4 is 28.4 Å². The molecule has 0 unspecified atom stereocenters. The highest BCUT2D eigenvalue weighted by atomic mass is 35.5. The number of carbonyl (C=O) groups is 1. The number of aromatic nitrogens is 1. The number of nitrogens with zero attached hydrogens (tertiary/aromatic N) is 1. The third kappa shape index (κ3) is 4.53. The summed E-state index contributed by atoms with van der Waals surface area (Å²) < 4.78 is 10.6. The van der Waals surface area contributed by atoms with Gasteiger partial charge in [0, 0.05) is 17.5 Å². The molecule has 1 heterocycles. The fourth-order valence-corrected chi connectivity index (χ4v) is 3.83. The number of para-hydroxylation sites is 1. The van der Waals surface area contributed by atoms with Crippen LogP contribution in [0.4, 0.5) is 0 Å². The van der Waals surface area contributed by atoms with Crippen LogP contribution in [-0.4, -0.2) is 31.7 Å². The Kier molecular flexibility index (Phi) is 6.57. The summed E-state index contributed by atoms with van der Waals surface area (Å²) in [6.07, 6.45) is 0.654. The third-order valence-electron chi connectivity index (χ3n) is 5.25. The lowest BCUT2D eigenvalue weighted by atomic mass is 10.0. The van der Waals surface area contributed by atoms with Crippen LogP contribution in [0.15, 0.2) is 72.8 Å². The van der Waals surface area contributed by atoms with E-state index < -0.39 is 0 Å². The molecule has 5 nitrogen and oxygen atoms in total. The van der Waals surface area contributed by atoms with Gasteiger partial charge in [-0.1, -0.05) is 60.1 Å². The van der Waals surface area contributed by atoms with E-state index in [4.69, 9.17) is 26.1 Å². The fraction of sp³-hybridized carbons (Fsp3) is 0.154. The van der Waals surface area contributed by atoms with E-state index in [2.05, 4.69) is 5.32 Å². The molecule has 0 aliphatic rings. The van der Waals surface area contributed by atoms with Crippen molar-refractivity contribution in [3.8, 4) is 22.8 Å². The second-order valence-electron chi connectivity index (χ2n) is 7.25. The number of amides is 1. The molecule has 4 rings (SSSR count). The van der Waals surface area contributed by atoms with Crippen molar-refractivity contribution in [1.82, 2.24) is 10.3 Å². The molecule has 0 bridgehead atoms. The van der Waals surface area contributed by atoms with Crippen LogP contribution in [0, 0.1) is 0 Å². The molecule has 6 heteroatoms. The highest BCUT2D eigenvalue weighted by Crippen LogP contribution is 2.30. The van der Waals surface area contributed by atoms with Crippen molar-refractivity contribution in [3.63, 3.8) is 0 Å². The molecular weight excluding hydrogens is 424 g/mol. The van der Waals surface area contributed by atoms with E-state index in [0.717, 1.165) is 16.5 Å². The van der Waals surface area contributed by atoms with Gasteiger partial charge in [0.25, 0.3) is 5.91 Å². The van der Waals surface area contributed by atoms with Crippen LogP contribution in [0.1, 0.15) is 15.9 Å². The Bertz CT molecular complexity index is 1260. The summed E-state index contributed by atoms with van der Waals surface area (Å²) in [6, 6.07) is 22.8. The Morgan fingerprint density at radius 2 is 1.72 bits per heavy atom. The van der Waals surface area contributed by atoms with Gasteiger partial charge in [0.05, 0.1) is 36.0 Å². The summed E-state index contributed by atoms with van der Waals surface area (Å²) in [5, 5.41) is 4.26. The first-order valence-electron chi connectivity index (χ1n) is 10.2.